The Labute approximate surface area is 159 Å². The molecule has 0 aliphatic rings. The van der Waals surface area contributed by atoms with Gasteiger partial charge in [0, 0.05) is 24.5 Å². The topological polar surface area (TPSA) is 32.7 Å². The van der Waals surface area contributed by atoms with E-state index in [4.69, 9.17) is 4.74 Å². The molecule has 0 amide bonds. The predicted molar refractivity (Wildman–Crippen MR) is 108 cm³/mol. The van der Waals surface area contributed by atoms with Crippen LogP contribution in [0.15, 0.2) is 72.1 Å². The van der Waals surface area contributed by atoms with Crippen molar-refractivity contribution in [3.05, 3.63) is 88.1 Å². The predicted octanol–water partition coefficient (Wildman–Crippen LogP) is 4.50. The molecule has 1 heterocycles. The number of aryl methyl sites for hydroxylation is 1. The molecule has 0 unspecified atom stereocenters. The lowest BCUT2D eigenvalue weighted by Crippen LogP contribution is -2.35. The largest absolute Gasteiger partial charge is 0.491 e. The highest BCUT2D eigenvalue weighted by molar-refractivity contribution is 7.09. The molecule has 26 heavy (non-hydrogen) atoms. The lowest BCUT2D eigenvalue weighted by atomic mass is 10.2. The highest BCUT2D eigenvalue weighted by atomic mass is 32.1. The third-order valence-electron chi connectivity index (χ3n) is 4.20. The van der Waals surface area contributed by atoms with E-state index in [-0.39, 0.29) is 0 Å². The zero-order valence-electron chi connectivity index (χ0n) is 15.0. The number of hydrogen-bond donors (Lipinski definition) is 1. The zero-order chi connectivity index (χ0) is 18.2. The number of benzene rings is 2. The molecule has 3 aromatic rings. The van der Waals surface area contributed by atoms with Crippen molar-refractivity contribution in [2.75, 3.05) is 13.2 Å². The number of aliphatic hydroxyl groups excluding tert-OH is 1. The van der Waals surface area contributed by atoms with Crippen molar-refractivity contribution >= 4 is 11.3 Å². The summed E-state index contributed by atoms with van der Waals surface area (Å²) in [6, 6.07) is 22.5. The second kappa shape index (κ2) is 9.53. The van der Waals surface area contributed by atoms with Gasteiger partial charge in [0.05, 0.1) is 0 Å². The quantitative estimate of drug-likeness (QED) is 0.604. The first-order chi connectivity index (χ1) is 12.7. The van der Waals surface area contributed by atoms with Gasteiger partial charge >= 0.3 is 0 Å². The van der Waals surface area contributed by atoms with E-state index in [9.17, 15) is 5.11 Å². The van der Waals surface area contributed by atoms with Gasteiger partial charge in [-0.15, -0.1) is 11.3 Å². The van der Waals surface area contributed by atoms with Crippen LogP contribution in [0.1, 0.15) is 16.0 Å². The SMILES string of the molecule is Cc1ccccc1OC[C@H](O)CN(Cc1ccccc1)Cc1cccs1. The van der Waals surface area contributed by atoms with Crippen molar-refractivity contribution in [2.45, 2.75) is 26.1 Å². The van der Waals surface area contributed by atoms with Gasteiger partial charge in [0.15, 0.2) is 0 Å². The standard InChI is InChI=1S/C22H25NO2S/c1-18-8-5-6-12-22(18)25-17-20(24)15-23(16-21-11-7-13-26-21)14-19-9-3-2-4-10-19/h2-13,20,24H,14-17H2,1H3/t20-/m1/s1. The molecule has 0 spiro atoms. The summed E-state index contributed by atoms with van der Waals surface area (Å²) in [4.78, 5) is 3.57. The average Bonchev–Trinajstić information content (AvgIpc) is 3.15. The van der Waals surface area contributed by atoms with E-state index in [1.54, 1.807) is 11.3 Å². The van der Waals surface area contributed by atoms with Gasteiger partial charge in [-0.05, 0) is 35.6 Å². The van der Waals surface area contributed by atoms with Crippen LogP contribution in [0, 0.1) is 6.92 Å². The normalized spacial score (nSPS) is 12.3. The molecule has 4 heteroatoms. The summed E-state index contributed by atoms with van der Waals surface area (Å²) in [5, 5.41) is 12.6. The molecule has 0 aliphatic heterocycles. The Morgan fingerprint density at radius 3 is 2.46 bits per heavy atom. The molecule has 1 N–H and O–H groups in total. The van der Waals surface area contributed by atoms with Crippen LogP contribution in [0.3, 0.4) is 0 Å². The Balaban J connectivity index is 1.59. The fourth-order valence-corrected chi connectivity index (χ4v) is 3.65. The maximum atomic E-state index is 10.5. The van der Waals surface area contributed by atoms with Gasteiger partial charge in [-0.3, -0.25) is 4.90 Å². The maximum absolute atomic E-state index is 10.5. The summed E-state index contributed by atoms with van der Waals surface area (Å²) in [6.45, 7) is 4.51. The van der Waals surface area contributed by atoms with Crippen LogP contribution in [0.2, 0.25) is 0 Å². The van der Waals surface area contributed by atoms with E-state index in [1.807, 2.05) is 37.3 Å². The van der Waals surface area contributed by atoms with Gasteiger partial charge in [0.1, 0.15) is 18.5 Å². The van der Waals surface area contributed by atoms with E-state index in [1.165, 1.54) is 10.4 Å². The molecule has 3 rings (SSSR count). The van der Waals surface area contributed by atoms with Gasteiger partial charge in [-0.25, -0.2) is 0 Å². The minimum absolute atomic E-state index is 0.292. The number of para-hydroxylation sites is 1. The van der Waals surface area contributed by atoms with Crippen molar-refractivity contribution in [2.24, 2.45) is 0 Å². The third-order valence-corrected chi connectivity index (χ3v) is 5.06. The molecular weight excluding hydrogens is 342 g/mol. The first kappa shape index (κ1) is 18.6. The molecule has 0 saturated carbocycles. The van der Waals surface area contributed by atoms with E-state index in [0.717, 1.165) is 24.4 Å². The van der Waals surface area contributed by atoms with Crippen molar-refractivity contribution in [1.82, 2.24) is 4.90 Å². The fourth-order valence-electron chi connectivity index (χ4n) is 2.90. The Morgan fingerprint density at radius 1 is 0.962 bits per heavy atom. The first-order valence-corrected chi connectivity index (χ1v) is 9.74. The first-order valence-electron chi connectivity index (χ1n) is 8.86. The van der Waals surface area contributed by atoms with Crippen LogP contribution in [-0.2, 0) is 13.1 Å². The smallest absolute Gasteiger partial charge is 0.122 e. The molecule has 1 atom stereocenters. The third kappa shape index (κ3) is 5.70. The number of nitrogens with zero attached hydrogens (tertiary/aromatic N) is 1. The molecule has 0 aliphatic carbocycles. The van der Waals surface area contributed by atoms with E-state index in [0.29, 0.717) is 13.2 Å². The molecular formula is C22H25NO2S. The molecule has 3 nitrogen and oxygen atoms in total. The number of thiophene rings is 1. The number of hydrogen-bond acceptors (Lipinski definition) is 4. The van der Waals surface area contributed by atoms with Crippen LogP contribution >= 0.6 is 11.3 Å². The fraction of sp³-hybridized carbons (Fsp3) is 0.273. The summed E-state index contributed by atoms with van der Waals surface area (Å²) in [5.74, 6) is 0.833. The van der Waals surface area contributed by atoms with Crippen molar-refractivity contribution in [3.8, 4) is 5.75 Å². The Morgan fingerprint density at radius 2 is 1.73 bits per heavy atom. The van der Waals surface area contributed by atoms with E-state index in [2.05, 4.69) is 46.7 Å². The molecule has 0 bridgehead atoms. The van der Waals surface area contributed by atoms with Gasteiger partial charge in [0.2, 0.25) is 0 Å². The van der Waals surface area contributed by atoms with Crippen LogP contribution < -0.4 is 4.74 Å². The maximum Gasteiger partial charge on any atom is 0.122 e. The molecule has 136 valence electrons. The average molecular weight is 368 g/mol. The van der Waals surface area contributed by atoms with Crippen LogP contribution in [0.25, 0.3) is 0 Å². The Bertz CT molecular complexity index is 774. The van der Waals surface area contributed by atoms with Crippen LogP contribution in [0.4, 0.5) is 0 Å². The van der Waals surface area contributed by atoms with E-state index >= 15 is 0 Å². The van der Waals surface area contributed by atoms with Gasteiger partial charge in [0.25, 0.3) is 0 Å². The monoisotopic (exact) mass is 367 g/mol. The summed E-state index contributed by atoms with van der Waals surface area (Å²) in [5.41, 5.74) is 2.33. The van der Waals surface area contributed by atoms with Crippen molar-refractivity contribution < 1.29 is 9.84 Å². The Hall–Kier alpha value is -2.14. The van der Waals surface area contributed by atoms with Gasteiger partial charge < -0.3 is 9.84 Å². The molecule has 2 aromatic carbocycles. The number of ether oxygens (including phenoxy) is 1. The van der Waals surface area contributed by atoms with Crippen LogP contribution in [0.5, 0.6) is 5.75 Å². The molecule has 1 aromatic heterocycles. The lowest BCUT2D eigenvalue weighted by Gasteiger charge is -2.25. The van der Waals surface area contributed by atoms with Crippen molar-refractivity contribution in [1.29, 1.82) is 0 Å². The zero-order valence-corrected chi connectivity index (χ0v) is 15.9. The van der Waals surface area contributed by atoms with Crippen molar-refractivity contribution in [3.63, 3.8) is 0 Å². The molecule has 0 saturated heterocycles. The van der Waals surface area contributed by atoms with E-state index < -0.39 is 6.10 Å². The summed E-state index contributed by atoms with van der Waals surface area (Å²) >= 11 is 1.75. The van der Waals surface area contributed by atoms with Gasteiger partial charge in [-0.1, -0.05) is 54.6 Å². The van der Waals surface area contributed by atoms with Crippen LogP contribution in [-0.4, -0.2) is 29.3 Å². The minimum atomic E-state index is -0.543. The number of aliphatic hydroxyl groups is 1. The second-order valence-corrected chi connectivity index (χ2v) is 7.50. The lowest BCUT2D eigenvalue weighted by molar-refractivity contribution is 0.0630. The summed E-state index contributed by atoms with van der Waals surface area (Å²) in [6.07, 6.45) is -0.543. The minimum Gasteiger partial charge on any atom is -0.491 e. The van der Waals surface area contributed by atoms with Gasteiger partial charge in [-0.2, -0.15) is 0 Å². The second-order valence-electron chi connectivity index (χ2n) is 6.46. The highest BCUT2D eigenvalue weighted by Gasteiger charge is 2.14. The summed E-state index contributed by atoms with van der Waals surface area (Å²) in [7, 11) is 0. The summed E-state index contributed by atoms with van der Waals surface area (Å²) < 4.78 is 5.81. The highest BCUT2D eigenvalue weighted by Crippen LogP contribution is 2.18. The Kier molecular flexibility index (Phi) is 6.83. The molecule has 0 fully saturated rings. The molecule has 0 radical (unpaired) electrons. The number of rotatable bonds is 9.